The molecular formula is C47H32N4. The molecule has 0 saturated carbocycles. The molecule has 0 bridgehead atoms. The van der Waals surface area contributed by atoms with E-state index < -0.39 is 0 Å². The monoisotopic (exact) mass is 652 g/mol. The van der Waals surface area contributed by atoms with Crippen molar-refractivity contribution in [3.8, 4) is 73.6 Å². The number of nitrogens with zero attached hydrogens (tertiary/aromatic N) is 4. The fourth-order valence-corrected chi connectivity index (χ4v) is 7.61. The van der Waals surface area contributed by atoms with E-state index in [1.807, 2.05) is 66.7 Å². The second-order valence-electron chi connectivity index (χ2n) is 13.6. The maximum Gasteiger partial charge on any atom is 0.164 e. The molecule has 4 heteroatoms. The van der Waals surface area contributed by atoms with E-state index in [1.54, 1.807) is 0 Å². The first-order chi connectivity index (χ1) is 25.0. The minimum atomic E-state index is -0.201. The van der Waals surface area contributed by atoms with Crippen molar-refractivity contribution in [3.63, 3.8) is 0 Å². The minimum Gasteiger partial charge on any atom is -0.208 e. The van der Waals surface area contributed by atoms with Gasteiger partial charge in [-0.25, -0.2) is 15.0 Å². The summed E-state index contributed by atoms with van der Waals surface area (Å²) in [7, 11) is 0. The number of fused-ring (bicyclic) bond motifs is 4. The van der Waals surface area contributed by atoms with Gasteiger partial charge in [-0.3, -0.25) is 0 Å². The Morgan fingerprint density at radius 1 is 0.451 bits per heavy atom. The van der Waals surface area contributed by atoms with Crippen LogP contribution in [0.2, 0.25) is 0 Å². The van der Waals surface area contributed by atoms with Crippen LogP contribution in [0.1, 0.15) is 30.5 Å². The highest BCUT2D eigenvalue weighted by molar-refractivity contribution is 6.04. The Morgan fingerprint density at radius 3 is 1.75 bits per heavy atom. The number of hydrogen-bond donors (Lipinski definition) is 0. The summed E-state index contributed by atoms with van der Waals surface area (Å²) >= 11 is 0. The molecule has 4 nitrogen and oxygen atoms in total. The molecule has 51 heavy (non-hydrogen) atoms. The van der Waals surface area contributed by atoms with Gasteiger partial charge in [-0.05, 0) is 67.9 Å². The number of aromatic nitrogens is 3. The van der Waals surface area contributed by atoms with Crippen molar-refractivity contribution >= 4 is 10.8 Å². The first-order valence-electron chi connectivity index (χ1n) is 17.2. The first kappa shape index (κ1) is 30.4. The Balaban J connectivity index is 1.21. The molecule has 7 aromatic carbocycles. The number of benzene rings is 7. The summed E-state index contributed by atoms with van der Waals surface area (Å²) in [5.41, 5.74) is 12.7. The van der Waals surface area contributed by atoms with E-state index in [0.29, 0.717) is 23.0 Å². The van der Waals surface area contributed by atoms with E-state index >= 15 is 0 Å². The van der Waals surface area contributed by atoms with E-state index in [2.05, 4.69) is 111 Å². The molecule has 1 aliphatic rings. The third-order valence-corrected chi connectivity index (χ3v) is 10.2. The zero-order valence-corrected chi connectivity index (χ0v) is 28.3. The molecule has 1 heterocycles. The van der Waals surface area contributed by atoms with Gasteiger partial charge < -0.3 is 0 Å². The highest BCUT2D eigenvalue weighted by Crippen LogP contribution is 2.52. The van der Waals surface area contributed by atoms with Crippen LogP contribution in [0.4, 0.5) is 0 Å². The van der Waals surface area contributed by atoms with Crippen LogP contribution in [0, 0.1) is 11.3 Å². The second-order valence-corrected chi connectivity index (χ2v) is 13.6. The van der Waals surface area contributed by atoms with Crippen molar-refractivity contribution < 1.29 is 0 Å². The van der Waals surface area contributed by atoms with Gasteiger partial charge in [0.25, 0.3) is 0 Å². The van der Waals surface area contributed by atoms with Crippen LogP contribution in [0.5, 0.6) is 0 Å². The van der Waals surface area contributed by atoms with Crippen LogP contribution in [0.25, 0.3) is 78.3 Å². The zero-order valence-electron chi connectivity index (χ0n) is 28.3. The Kier molecular flexibility index (Phi) is 7.15. The number of nitriles is 1. The van der Waals surface area contributed by atoms with Gasteiger partial charge in [0.05, 0.1) is 11.6 Å². The standard InChI is InChI=1S/C47H32N4/c1-47(2)40-19-11-18-37(43(40)38-26-20-30(29-48)28-41(38)47)32-21-23-33(24-22-32)42-36-17-10-9-12-31(36)25-27-39(42)46-50-44(34-13-5-3-6-14-34)49-45(51-46)35-15-7-4-8-16-35/h3-28H,1-2H3. The highest BCUT2D eigenvalue weighted by Gasteiger charge is 2.37. The zero-order chi connectivity index (χ0) is 34.5. The molecule has 240 valence electrons. The quantitative estimate of drug-likeness (QED) is 0.186. The molecule has 1 aliphatic carbocycles. The summed E-state index contributed by atoms with van der Waals surface area (Å²) in [5, 5.41) is 11.9. The topological polar surface area (TPSA) is 62.5 Å². The van der Waals surface area contributed by atoms with Gasteiger partial charge in [0.1, 0.15) is 0 Å². The summed E-state index contributed by atoms with van der Waals surface area (Å²) in [6, 6.07) is 56.9. The van der Waals surface area contributed by atoms with Gasteiger partial charge in [0, 0.05) is 27.7 Å². The van der Waals surface area contributed by atoms with Crippen LogP contribution >= 0.6 is 0 Å². The van der Waals surface area contributed by atoms with Crippen LogP contribution in [0.3, 0.4) is 0 Å². The number of rotatable bonds is 5. The van der Waals surface area contributed by atoms with Crippen molar-refractivity contribution in [1.29, 1.82) is 5.26 Å². The second kappa shape index (κ2) is 12.0. The maximum absolute atomic E-state index is 9.64. The fraction of sp³-hybridized carbons (Fsp3) is 0.0638. The molecule has 0 unspecified atom stereocenters. The van der Waals surface area contributed by atoms with Gasteiger partial charge in [0.15, 0.2) is 17.5 Å². The fourth-order valence-electron chi connectivity index (χ4n) is 7.61. The summed E-state index contributed by atoms with van der Waals surface area (Å²) in [6.45, 7) is 4.50. The SMILES string of the molecule is CC1(C)c2cc(C#N)ccc2-c2c(-c3ccc(-c4c(-c5nc(-c6ccccc6)nc(-c6ccccc6)n5)ccc5ccccc45)cc3)cccc21. The van der Waals surface area contributed by atoms with Crippen molar-refractivity contribution in [3.05, 3.63) is 174 Å². The van der Waals surface area contributed by atoms with E-state index in [4.69, 9.17) is 15.0 Å². The van der Waals surface area contributed by atoms with Gasteiger partial charge in [-0.15, -0.1) is 0 Å². The molecule has 0 fully saturated rings. The van der Waals surface area contributed by atoms with Gasteiger partial charge in [0.2, 0.25) is 0 Å². The lowest BCUT2D eigenvalue weighted by atomic mass is 9.81. The molecule has 0 N–H and O–H groups in total. The molecule has 8 aromatic rings. The van der Waals surface area contributed by atoms with Crippen molar-refractivity contribution in [2.24, 2.45) is 0 Å². The lowest BCUT2D eigenvalue weighted by Gasteiger charge is -2.21. The molecule has 0 saturated heterocycles. The molecular weight excluding hydrogens is 621 g/mol. The maximum atomic E-state index is 9.64. The molecule has 0 amide bonds. The van der Waals surface area contributed by atoms with Crippen molar-refractivity contribution in [1.82, 2.24) is 15.0 Å². The number of hydrogen-bond acceptors (Lipinski definition) is 4. The van der Waals surface area contributed by atoms with Crippen molar-refractivity contribution in [2.75, 3.05) is 0 Å². The van der Waals surface area contributed by atoms with Crippen LogP contribution in [-0.2, 0) is 5.41 Å². The lowest BCUT2D eigenvalue weighted by Crippen LogP contribution is -2.15. The Hall–Kier alpha value is -6.70. The van der Waals surface area contributed by atoms with E-state index in [9.17, 15) is 5.26 Å². The molecule has 0 aliphatic heterocycles. The smallest absolute Gasteiger partial charge is 0.164 e. The summed E-state index contributed by atoms with van der Waals surface area (Å²) in [4.78, 5) is 15.1. The van der Waals surface area contributed by atoms with E-state index in [1.165, 1.54) is 27.8 Å². The summed E-state index contributed by atoms with van der Waals surface area (Å²) < 4.78 is 0. The molecule has 9 rings (SSSR count). The third-order valence-electron chi connectivity index (χ3n) is 10.2. The van der Waals surface area contributed by atoms with Gasteiger partial charge in [-0.2, -0.15) is 5.26 Å². The van der Waals surface area contributed by atoms with E-state index in [-0.39, 0.29) is 5.41 Å². The molecule has 1 aromatic heterocycles. The van der Waals surface area contributed by atoms with Crippen LogP contribution < -0.4 is 0 Å². The third kappa shape index (κ3) is 5.10. The van der Waals surface area contributed by atoms with Gasteiger partial charge in [-0.1, -0.05) is 153 Å². The lowest BCUT2D eigenvalue weighted by molar-refractivity contribution is 0.660. The van der Waals surface area contributed by atoms with E-state index in [0.717, 1.165) is 44.2 Å². The largest absolute Gasteiger partial charge is 0.208 e. The molecule has 0 spiro atoms. The molecule has 0 atom stereocenters. The van der Waals surface area contributed by atoms with Gasteiger partial charge >= 0.3 is 0 Å². The summed E-state index contributed by atoms with van der Waals surface area (Å²) in [6.07, 6.45) is 0. The van der Waals surface area contributed by atoms with Crippen LogP contribution in [0.15, 0.2) is 158 Å². The Bertz CT molecular complexity index is 2600. The summed E-state index contributed by atoms with van der Waals surface area (Å²) in [5.74, 6) is 1.90. The Labute approximate surface area is 297 Å². The molecule has 0 radical (unpaired) electrons. The predicted octanol–water partition coefficient (Wildman–Crippen LogP) is 11.5. The first-order valence-corrected chi connectivity index (χ1v) is 17.2. The highest BCUT2D eigenvalue weighted by atomic mass is 15.0. The predicted molar refractivity (Wildman–Crippen MR) is 207 cm³/mol. The van der Waals surface area contributed by atoms with Crippen LogP contribution in [-0.4, -0.2) is 15.0 Å². The Morgan fingerprint density at radius 2 is 1.06 bits per heavy atom. The van der Waals surface area contributed by atoms with Crippen molar-refractivity contribution in [2.45, 2.75) is 19.3 Å². The average molecular weight is 653 g/mol. The normalized spacial score (nSPS) is 12.6. The average Bonchev–Trinajstić information content (AvgIpc) is 3.43. The minimum absolute atomic E-state index is 0.201.